The van der Waals surface area contributed by atoms with E-state index in [1.54, 1.807) is 18.6 Å². The Morgan fingerprint density at radius 2 is 1.85 bits per heavy atom. The van der Waals surface area contributed by atoms with Crippen LogP contribution in [0, 0.1) is 0 Å². The summed E-state index contributed by atoms with van der Waals surface area (Å²) in [5, 5.41) is 0. The maximum Gasteiger partial charge on any atom is 0.112 e. The number of nitrogens with zero attached hydrogens (tertiary/aromatic N) is 3. The van der Waals surface area contributed by atoms with Crippen LogP contribution >= 0.6 is 0 Å². The first kappa shape index (κ1) is 9.84. The van der Waals surface area contributed by atoms with Gasteiger partial charge in [0.2, 0.25) is 0 Å². The molecule has 13 heavy (non-hydrogen) atoms. The van der Waals surface area contributed by atoms with Crippen molar-refractivity contribution in [2.75, 3.05) is 0 Å². The molecule has 0 aromatic heterocycles. The Bertz CT molecular complexity index is 287. The highest BCUT2D eigenvalue weighted by Crippen LogP contribution is 2.13. The summed E-state index contributed by atoms with van der Waals surface area (Å²) < 4.78 is 0. The lowest BCUT2D eigenvalue weighted by molar-refractivity contribution is 0.698. The quantitative estimate of drug-likeness (QED) is 0.548. The van der Waals surface area contributed by atoms with E-state index in [1.807, 2.05) is 27.0 Å². The predicted molar refractivity (Wildman–Crippen MR) is 58.2 cm³/mol. The molecule has 1 unspecified atom stereocenters. The molecule has 0 aliphatic carbocycles. The minimum atomic E-state index is -0.422. The van der Waals surface area contributed by atoms with Crippen LogP contribution < -0.4 is 0 Å². The van der Waals surface area contributed by atoms with Gasteiger partial charge < -0.3 is 0 Å². The fraction of sp³-hybridized carbons (Fsp3) is 0.500. The van der Waals surface area contributed by atoms with Crippen LogP contribution in [0.3, 0.4) is 0 Å². The number of aliphatic imine (C=N–C) groups is 3. The van der Waals surface area contributed by atoms with Crippen LogP contribution in [-0.2, 0) is 0 Å². The molecule has 0 aromatic rings. The molecular formula is C10H15N3. The van der Waals surface area contributed by atoms with Crippen molar-refractivity contribution in [2.24, 2.45) is 15.0 Å². The summed E-state index contributed by atoms with van der Waals surface area (Å²) in [5.74, 6) is 0. The van der Waals surface area contributed by atoms with Crippen molar-refractivity contribution in [3.8, 4) is 0 Å². The van der Waals surface area contributed by atoms with Crippen molar-refractivity contribution in [3.05, 3.63) is 12.7 Å². The number of hydrogen-bond donors (Lipinski definition) is 0. The molecule has 0 saturated carbocycles. The minimum absolute atomic E-state index is 0.253. The second-order valence-corrected chi connectivity index (χ2v) is 3.86. The molecule has 0 spiro atoms. The van der Waals surface area contributed by atoms with E-state index in [-0.39, 0.29) is 5.54 Å². The highest BCUT2D eigenvalue weighted by Gasteiger charge is 2.19. The molecule has 0 fully saturated rings. The van der Waals surface area contributed by atoms with Gasteiger partial charge in [-0.25, -0.2) is 4.99 Å². The zero-order valence-corrected chi connectivity index (χ0v) is 8.36. The molecule has 1 aliphatic rings. The van der Waals surface area contributed by atoms with E-state index >= 15 is 0 Å². The molecule has 3 heteroatoms. The molecule has 1 rings (SSSR count). The summed E-state index contributed by atoms with van der Waals surface area (Å²) in [6.07, 6.45) is 6.88. The third kappa shape index (κ3) is 2.61. The highest BCUT2D eigenvalue weighted by molar-refractivity contribution is 5.85. The third-order valence-corrected chi connectivity index (χ3v) is 1.86. The van der Waals surface area contributed by atoms with Gasteiger partial charge in [0.05, 0.1) is 5.54 Å². The lowest BCUT2D eigenvalue weighted by Gasteiger charge is -2.20. The van der Waals surface area contributed by atoms with E-state index in [2.05, 4.69) is 21.6 Å². The fourth-order valence-electron chi connectivity index (χ4n) is 0.843. The monoisotopic (exact) mass is 177 g/mol. The molecule has 1 aliphatic heterocycles. The number of rotatable bonds is 1. The first-order valence-electron chi connectivity index (χ1n) is 4.25. The van der Waals surface area contributed by atoms with Gasteiger partial charge >= 0.3 is 0 Å². The van der Waals surface area contributed by atoms with E-state index in [4.69, 9.17) is 0 Å². The van der Waals surface area contributed by atoms with Crippen LogP contribution in [-0.4, -0.2) is 29.8 Å². The van der Waals surface area contributed by atoms with Gasteiger partial charge in [-0.2, -0.15) is 0 Å². The van der Waals surface area contributed by atoms with Crippen molar-refractivity contribution in [1.82, 2.24) is 0 Å². The predicted octanol–water partition coefficient (Wildman–Crippen LogP) is 1.89. The average Bonchev–Trinajstić information content (AvgIpc) is 2.08. The summed E-state index contributed by atoms with van der Waals surface area (Å²) in [7, 11) is 0. The third-order valence-electron chi connectivity index (χ3n) is 1.86. The maximum atomic E-state index is 4.38. The zero-order chi connectivity index (χ0) is 9.95. The van der Waals surface area contributed by atoms with Gasteiger partial charge in [-0.15, -0.1) is 6.58 Å². The molecule has 0 aromatic carbocycles. The summed E-state index contributed by atoms with van der Waals surface area (Å²) in [4.78, 5) is 12.6. The van der Waals surface area contributed by atoms with Gasteiger partial charge in [0, 0.05) is 12.4 Å². The maximum absolute atomic E-state index is 4.38. The Hall–Kier alpha value is -1.25. The van der Waals surface area contributed by atoms with E-state index in [1.165, 1.54) is 0 Å². The van der Waals surface area contributed by atoms with Crippen LogP contribution in [0.4, 0.5) is 0 Å². The second-order valence-electron chi connectivity index (χ2n) is 3.86. The number of hydrogen-bond acceptors (Lipinski definition) is 3. The van der Waals surface area contributed by atoms with Crippen LogP contribution in [0.5, 0.6) is 0 Å². The van der Waals surface area contributed by atoms with Crippen LogP contribution in [0.1, 0.15) is 20.8 Å². The summed E-state index contributed by atoms with van der Waals surface area (Å²) >= 11 is 0. The lowest BCUT2D eigenvalue weighted by atomic mass is 10.0. The van der Waals surface area contributed by atoms with Crippen molar-refractivity contribution >= 4 is 18.8 Å². The van der Waals surface area contributed by atoms with Gasteiger partial charge in [0.15, 0.2) is 0 Å². The smallest absolute Gasteiger partial charge is 0.112 e. The molecule has 0 N–H and O–H groups in total. The van der Waals surface area contributed by atoms with Gasteiger partial charge in [-0.05, 0) is 20.8 Å². The lowest BCUT2D eigenvalue weighted by Crippen LogP contribution is -2.27. The first-order valence-corrected chi connectivity index (χ1v) is 4.25. The van der Waals surface area contributed by atoms with Crippen molar-refractivity contribution in [2.45, 2.75) is 31.8 Å². The molecule has 1 atom stereocenters. The largest absolute Gasteiger partial charge is 0.283 e. The van der Waals surface area contributed by atoms with Gasteiger partial charge in [0.1, 0.15) is 11.9 Å². The Balaban J connectivity index is 3.05. The Morgan fingerprint density at radius 1 is 1.15 bits per heavy atom. The Labute approximate surface area is 79.0 Å². The molecule has 70 valence electrons. The second kappa shape index (κ2) is 3.24. The minimum Gasteiger partial charge on any atom is -0.283 e. The normalized spacial score (nSPS) is 31.0. The zero-order valence-electron chi connectivity index (χ0n) is 8.36. The summed E-state index contributed by atoms with van der Waals surface area (Å²) in [5.41, 5.74) is -0.675. The summed E-state index contributed by atoms with van der Waals surface area (Å²) in [6.45, 7) is 9.65. The van der Waals surface area contributed by atoms with Gasteiger partial charge in [-0.3, -0.25) is 9.98 Å². The van der Waals surface area contributed by atoms with E-state index < -0.39 is 5.54 Å². The first-order chi connectivity index (χ1) is 5.97. The van der Waals surface area contributed by atoms with Crippen LogP contribution in [0.2, 0.25) is 0 Å². The molecular weight excluding hydrogens is 162 g/mol. The van der Waals surface area contributed by atoms with Gasteiger partial charge in [-0.1, -0.05) is 6.08 Å². The molecule has 0 saturated heterocycles. The van der Waals surface area contributed by atoms with E-state index in [9.17, 15) is 0 Å². The van der Waals surface area contributed by atoms with Crippen LogP contribution in [0.15, 0.2) is 27.6 Å². The molecule has 0 bridgehead atoms. The summed E-state index contributed by atoms with van der Waals surface area (Å²) in [6, 6.07) is 0. The topological polar surface area (TPSA) is 37.1 Å². The SMILES string of the molecule is C=CC1(C)C=NC(C)(C)C=NC=N1. The van der Waals surface area contributed by atoms with Gasteiger partial charge in [0.25, 0.3) is 0 Å². The average molecular weight is 177 g/mol. The van der Waals surface area contributed by atoms with Crippen LogP contribution in [0.25, 0.3) is 0 Å². The molecule has 3 nitrogen and oxygen atoms in total. The Kier molecular flexibility index (Phi) is 2.45. The van der Waals surface area contributed by atoms with E-state index in [0.29, 0.717) is 0 Å². The van der Waals surface area contributed by atoms with Crippen molar-refractivity contribution in [3.63, 3.8) is 0 Å². The molecule has 1 heterocycles. The van der Waals surface area contributed by atoms with Crippen molar-refractivity contribution < 1.29 is 0 Å². The molecule has 0 amide bonds. The van der Waals surface area contributed by atoms with E-state index in [0.717, 1.165) is 0 Å². The Morgan fingerprint density at radius 3 is 2.46 bits per heavy atom. The van der Waals surface area contributed by atoms with Crippen molar-refractivity contribution in [1.29, 1.82) is 0 Å². The highest BCUT2D eigenvalue weighted by atomic mass is 15.0. The fourth-order valence-corrected chi connectivity index (χ4v) is 0.843. The standard InChI is InChI=1S/C10H15N3/c1-5-10(4)7-12-9(2,3)6-11-8-13-10/h5-8H,1H2,2-4H3. The molecule has 0 radical (unpaired) electrons.